The Bertz CT molecular complexity index is 945. The predicted molar refractivity (Wildman–Crippen MR) is 103 cm³/mol. The number of halogens is 2. The zero-order valence-corrected chi connectivity index (χ0v) is 16.3. The summed E-state index contributed by atoms with van der Waals surface area (Å²) in [4.78, 5) is 4.46. The van der Waals surface area contributed by atoms with E-state index >= 15 is 0 Å². The predicted octanol–water partition coefficient (Wildman–Crippen LogP) is 4.01. The van der Waals surface area contributed by atoms with Crippen LogP contribution >= 0.6 is 34.7 Å². The summed E-state index contributed by atoms with van der Waals surface area (Å²) in [5, 5.41) is 0.466. The molecule has 1 aliphatic heterocycles. The van der Waals surface area contributed by atoms with E-state index in [0.717, 1.165) is 23.5 Å². The van der Waals surface area contributed by atoms with Crippen LogP contribution in [0.1, 0.15) is 18.9 Å². The van der Waals surface area contributed by atoms with Gasteiger partial charge in [-0.05, 0) is 43.2 Å². The molecule has 5 nitrogen and oxygen atoms in total. The third-order valence-electron chi connectivity index (χ3n) is 3.84. The molecule has 3 N–H and O–H groups in total. The molecule has 0 spiro atoms. The highest BCUT2D eigenvalue weighted by Crippen LogP contribution is 2.37. The molecule has 0 amide bonds. The largest absolute Gasteiger partial charge is 0.379 e. The number of amidine groups is 1. The van der Waals surface area contributed by atoms with E-state index in [0.29, 0.717) is 15.1 Å². The van der Waals surface area contributed by atoms with Crippen LogP contribution < -0.4 is 10.5 Å². The second kappa shape index (κ2) is 6.79. The van der Waals surface area contributed by atoms with Crippen LogP contribution in [0.2, 0.25) is 4.34 Å². The standard InChI is InChI=1S/C15H15ClFN3O2S3/c1-15(6-7-23-14(18)19-15)9-2-3-10(17)11(8-9)20-25(21,22)13-5-4-12(16)24-13/h2-5,8,20H,6-7H2,1H3,(H2,18,19). The topological polar surface area (TPSA) is 84.5 Å². The van der Waals surface area contributed by atoms with E-state index in [1.165, 1.54) is 36.0 Å². The molecular weight excluding hydrogens is 405 g/mol. The molecule has 0 bridgehead atoms. The number of nitrogens with one attached hydrogen (secondary N) is 1. The molecule has 1 aromatic heterocycles. The lowest BCUT2D eigenvalue weighted by atomic mass is 9.89. The number of rotatable bonds is 4. The summed E-state index contributed by atoms with van der Waals surface area (Å²) in [5.41, 5.74) is 5.76. The van der Waals surface area contributed by atoms with E-state index in [4.69, 9.17) is 17.3 Å². The van der Waals surface area contributed by atoms with Crippen molar-refractivity contribution in [1.29, 1.82) is 0 Å². The summed E-state index contributed by atoms with van der Waals surface area (Å²) in [6.45, 7) is 1.89. The summed E-state index contributed by atoms with van der Waals surface area (Å²) >= 11 is 8.15. The van der Waals surface area contributed by atoms with E-state index in [2.05, 4.69) is 9.71 Å². The van der Waals surface area contributed by atoms with E-state index in [1.54, 1.807) is 6.07 Å². The third-order valence-corrected chi connectivity index (χ3v) is 7.73. The van der Waals surface area contributed by atoms with Crippen molar-refractivity contribution in [2.24, 2.45) is 10.7 Å². The number of thioether (sulfide) groups is 1. The summed E-state index contributed by atoms with van der Waals surface area (Å²) in [5.74, 6) is 0.124. The Morgan fingerprint density at radius 2 is 2.12 bits per heavy atom. The molecule has 0 saturated carbocycles. The molecule has 1 unspecified atom stereocenters. The van der Waals surface area contributed by atoms with Gasteiger partial charge in [0.1, 0.15) is 10.0 Å². The number of aliphatic imine (C=N–C) groups is 1. The molecule has 0 radical (unpaired) electrons. The molecule has 2 aromatic rings. The lowest BCUT2D eigenvalue weighted by Crippen LogP contribution is -2.29. The summed E-state index contributed by atoms with van der Waals surface area (Å²) in [6.07, 6.45) is 0.719. The Hall–Kier alpha value is -1.29. The minimum Gasteiger partial charge on any atom is -0.379 e. The molecule has 25 heavy (non-hydrogen) atoms. The van der Waals surface area contributed by atoms with Crippen LogP contribution in [0.3, 0.4) is 0 Å². The highest BCUT2D eigenvalue weighted by molar-refractivity contribution is 8.13. The van der Waals surface area contributed by atoms with Gasteiger partial charge < -0.3 is 5.73 Å². The molecule has 0 saturated heterocycles. The van der Waals surface area contributed by atoms with Crippen molar-refractivity contribution < 1.29 is 12.8 Å². The molecule has 0 aliphatic carbocycles. The second-order valence-corrected chi connectivity index (χ2v) is 10.4. The van der Waals surface area contributed by atoms with Gasteiger partial charge in [-0.3, -0.25) is 9.71 Å². The SMILES string of the molecule is CC1(c2ccc(F)c(NS(=O)(=O)c3ccc(Cl)s3)c2)CCSC(N)=N1. The van der Waals surface area contributed by atoms with Gasteiger partial charge in [0.2, 0.25) is 0 Å². The number of hydrogen-bond donors (Lipinski definition) is 2. The molecule has 10 heteroatoms. The molecule has 1 atom stereocenters. The first-order chi connectivity index (χ1) is 11.7. The minimum absolute atomic E-state index is 0.0184. The fourth-order valence-corrected chi connectivity index (χ4v) is 5.99. The first-order valence-corrected chi connectivity index (χ1v) is 10.9. The third kappa shape index (κ3) is 3.94. The Labute approximate surface area is 158 Å². The maximum absolute atomic E-state index is 14.2. The number of thiophene rings is 1. The van der Waals surface area contributed by atoms with Crippen molar-refractivity contribution in [3.63, 3.8) is 0 Å². The first kappa shape index (κ1) is 18.5. The van der Waals surface area contributed by atoms with E-state index in [-0.39, 0.29) is 9.90 Å². The summed E-state index contributed by atoms with van der Waals surface area (Å²) < 4.78 is 41.6. The molecular formula is C15H15ClFN3O2S3. The highest BCUT2D eigenvalue weighted by Gasteiger charge is 2.30. The average Bonchev–Trinajstić information content (AvgIpc) is 2.96. The quantitative estimate of drug-likeness (QED) is 0.784. The van der Waals surface area contributed by atoms with E-state index in [9.17, 15) is 12.8 Å². The lowest BCUT2D eigenvalue weighted by molar-refractivity contribution is 0.481. The van der Waals surface area contributed by atoms with Crippen LogP contribution in [0.15, 0.2) is 39.5 Å². The molecule has 1 aliphatic rings. The second-order valence-electron chi connectivity index (χ2n) is 5.68. The van der Waals surface area contributed by atoms with Crippen LogP contribution in [0.4, 0.5) is 10.1 Å². The molecule has 0 fully saturated rings. The number of hydrogen-bond acceptors (Lipinski definition) is 6. The van der Waals surface area contributed by atoms with Gasteiger partial charge in [-0.1, -0.05) is 29.4 Å². The Kier molecular flexibility index (Phi) is 5.02. The van der Waals surface area contributed by atoms with Gasteiger partial charge in [-0.2, -0.15) is 0 Å². The highest BCUT2D eigenvalue weighted by atomic mass is 35.5. The Balaban J connectivity index is 1.97. The maximum atomic E-state index is 14.2. The van der Waals surface area contributed by atoms with Crippen LogP contribution in [0, 0.1) is 5.82 Å². The van der Waals surface area contributed by atoms with Gasteiger partial charge in [0.25, 0.3) is 10.0 Å². The number of nitrogens with zero attached hydrogens (tertiary/aromatic N) is 1. The van der Waals surface area contributed by atoms with Crippen molar-refractivity contribution in [3.05, 3.63) is 46.0 Å². The summed E-state index contributed by atoms with van der Waals surface area (Å²) in [6, 6.07) is 7.15. The number of nitrogens with two attached hydrogens (primary N) is 1. The monoisotopic (exact) mass is 419 g/mol. The smallest absolute Gasteiger partial charge is 0.271 e. The fourth-order valence-electron chi connectivity index (χ4n) is 2.47. The van der Waals surface area contributed by atoms with Gasteiger partial charge in [-0.15, -0.1) is 11.3 Å². The van der Waals surface area contributed by atoms with Crippen LogP contribution in [-0.4, -0.2) is 19.3 Å². The normalized spacial score (nSPS) is 21.0. The van der Waals surface area contributed by atoms with Gasteiger partial charge in [0.15, 0.2) is 5.17 Å². The molecule has 134 valence electrons. The van der Waals surface area contributed by atoms with Crippen molar-refractivity contribution >= 4 is 55.6 Å². The maximum Gasteiger partial charge on any atom is 0.271 e. The number of anilines is 1. The zero-order chi connectivity index (χ0) is 18.2. The van der Waals surface area contributed by atoms with E-state index in [1.807, 2.05) is 6.92 Å². The van der Waals surface area contributed by atoms with Crippen LogP contribution in [0.25, 0.3) is 0 Å². The average molecular weight is 420 g/mol. The van der Waals surface area contributed by atoms with Crippen molar-refractivity contribution in [2.45, 2.75) is 23.1 Å². The Morgan fingerprint density at radius 1 is 1.36 bits per heavy atom. The number of benzene rings is 1. The lowest BCUT2D eigenvalue weighted by Gasteiger charge is -2.30. The van der Waals surface area contributed by atoms with Gasteiger partial charge in [-0.25, -0.2) is 12.8 Å². The van der Waals surface area contributed by atoms with Crippen molar-refractivity contribution in [3.8, 4) is 0 Å². The molecule has 3 rings (SSSR count). The first-order valence-electron chi connectivity index (χ1n) is 7.26. The van der Waals surface area contributed by atoms with Crippen molar-refractivity contribution in [1.82, 2.24) is 0 Å². The van der Waals surface area contributed by atoms with Crippen LogP contribution in [0.5, 0.6) is 0 Å². The van der Waals surface area contributed by atoms with Gasteiger partial charge >= 0.3 is 0 Å². The van der Waals surface area contributed by atoms with Gasteiger partial charge in [0.05, 0.1) is 15.6 Å². The minimum atomic E-state index is -3.91. The summed E-state index contributed by atoms with van der Waals surface area (Å²) in [7, 11) is -3.91. The van der Waals surface area contributed by atoms with Gasteiger partial charge in [0, 0.05) is 5.75 Å². The Morgan fingerprint density at radius 3 is 2.76 bits per heavy atom. The zero-order valence-electron chi connectivity index (χ0n) is 13.1. The van der Waals surface area contributed by atoms with Crippen LogP contribution in [-0.2, 0) is 15.6 Å². The fraction of sp³-hybridized carbons (Fsp3) is 0.267. The van der Waals surface area contributed by atoms with Crippen molar-refractivity contribution in [2.75, 3.05) is 10.5 Å². The number of sulfonamides is 1. The molecule has 2 heterocycles. The van der Waals surface area contributed by atoms with E-state index < -0.39 is 21.4 Å². The molecule has 1 aromatic carbocycles.